The second-order valence-electron chi connectivity index (χ2n) is 1.47. The van der Waals surface area contributed by atoms with Crippen molar-refractivity contribution in [2.45, 2.75) is 12.8 Å². The number of nitriles is 1. The number of allylic oxidation sites excluding steroid dienone is 1. The van der Waals surface area contributed by atoms with Crippen molar-refractivity contribution in [3.05, 3.63) is 17.4 Å². The minimum Gasteiger partial charge on any atom is -0.198 e. The Morgan fingerprint density at radius 3 is 3.00 bits per heavy atom. The van der Waals surface area contributed by atoms with E-state index in [1.807, 2.05) is 6.08 Å². The Hall–Kier alpha value is -0.990. The van der Waals surface area contributed by atoms with Crippen LogP contribution in [0.3, 0.4) is 0 Å². The largest absolute Gasteiger partial charge is 0.198 e. The second kappa shape index (κ2) is 1.64. The van der Waals surface area contributed by atoms with E-state index in [9.17, 15) is 0 Å². The van der Waals surface area contributed by atoms with Gasteiger partial charge in [-0.05, 0) is 12.5 Å². The summed E-state index contributed by atoms with van der Waals surface area (Å²) >= 11 is 0. The SMILES string of the molecule is N#CCCC1=C=C1. The Bertz CT molecular complexity index is 165. The lowest BCUT2D eigenvalue weighted by molar-refractivity contribution is 1.04. The quantitative estimate of drug-likeness (QED) is 0.471. The van der Waals surface area contributed by atoms with Crippen molar-refractivity contribution in [2.75, 3.05) is 0 Å². The van der Waals surface area contributed by atoms with Gasteiger partial charge in [-0.1, -0.05) is 0 Å². The second-order valence-corrected chi connectivity index (χ2v) is 1.47. The van der Waals surface area contributed by atoms with E-state index in [-0.39, 0.29) is 0 Å². The molecule has 0 amide bonds. The van der Waals surface area contributed by atoms with Gasteiger partial charge in [-0.3, -0.25) is 0 Å². The van der Waals surface area contributed by atoms with Gasteiger partial charge >= 0.3 is 0 Å². The molecule has 7 heavy (non-hydrogen) atoms. The third-order valence-corrected chi connectivity index (χ3v) is 0.855. The van der Waals surface area contributed by atoms with Crippen molar-refractivity contribution < 1.29 is 0 Å². The first-order valence-electron chi connectivity index (χ1n) is 2.26. The van der Waals surface area contributed by atoms with Crippen LogP contribution in [0.2, 0.25) is 0 Å². The molecule has 0 saturated heterocycles. The third-order valence-electron chi connectivity index (χ3n) is 0.855. The van der Waals surface area contributed by atoms with Crippen LogP contribution in [0.1, 0.15) is 12.8 Å². The van der Waals surface area contributed by atoms with E-state index in [0.717, 1.165) is 6.42 Å². The smallest absolute Gasteiger partial charge is 0.0625 e. The van der Waals surface area contributed by atoms with Gasteiger partial charge in [-0.2, -0.15) is 5.26 Å². The maximum Gasteiger partial charge on any atom is 0.0625 e. The standard InChI is InChI=1S/C6H5N/c7-5-1-2-6-3-4-6/h3H,1-2H2. The predicted molar refractivity (Wildman–Crippen MR) is 26.4 cm³/mol. The van der Waals surface area contributed by atoms with Crippen LogP contribution in [0, 0.1) is 11.3 Å². The molecule has 0 saturated carbocycles. The van der Waals surface area contributed by atoms with Gasteiger partial charge < -0.3 is 0 Å². The Morgan fingerprint density at radius 1 is 1.86 bits per heavy atom. The summed E-state index contributed by atoms with van der Waals surface area (Å²) in [6, 6.07) is 2.06. The molecule has 0 heterocycles. The molecule has 1 heteroatoms. The van der Waals surface area contributed by atoms with E-state index < -0.39 is 0 Å². The molecule has 0 radical (unpaired) electrons. The Kier molecular flexibility index (Phi) is 0.978. The van der Waals surface area contributed by atoms with Gasteiger partial charge in [0.15, 0.2) is 0 Å². The van der Waals surface area contributed by atoms with E-state index in [2.05, 4.69) is 11.8 Å². The predicted octanol–water partition coefficient (Wildman–Crippen LogP) is 1.39. The molecule has 0 aromatic carbocycles. The summed E-state index contributed by atoms with van der Waals surface area (Å²) in [7, 11) is 0. The number of rotatable bonds is 2. The number of hydrogen-bond donors (Lipinski definition) is 0. The molecule has 0 spiro atoms. The molecule has 1 aliphatic carbocycles. The topological polar surface area (TPSA) is 23.8 Å². The highest BCUT2D eigenvalue weighted by Crippen LogP contribution is 2.12. The highest BCUT2D eigenvalue weighted by molar-refractivity contribution is 5.31. The first-order chi connectivity index (χ1) is 3.43. The molecule has 0 fully saturated rings. The van der Waals surface area contributed by atoms with Crippen molar-refractivity contribution >= 4 is 0 Å². The summed E-state index contributed by atoms with van der Waals surface area (Å²) in [5, 5.41) is 8.04. The molecule has 1 nitrogen and oxygen atoms in total. The summed E-state index contributed by atoms with van der Waals surface area (Å²) in [6.45, 7) is 0. The van der Waals surface area contributed by atoms with Gasteiger partial charge in [0, 0.05) is 12.0 Å². The summed E-state index contributed by atoms with van der Waals surface area (Å²) in [6.07, 6.45) is 3.45. The highest BCUT2D eigenvalue weighted by Gasteiger charge is 1.96. The summed E-state index contributed by atoms with van der Waals surface area (Å²) in [4.78, 5) is 0. The van der Waals surface area contributed by atoms with Crippen molar-refractivity contribution in [3.8, 4) is 6.07 Å². The molecular weight excluding hydrogens is 86.1 g/mol. The first kappa shape index (κ1) is 4.18. The average molecular weight is 91.1 g/mol. The Morgan fingerprint density at radius 2 is 2.57 bits per heavy atom. The lowest BCUT2D eigenvalue weighted by Crippen LogP contribution is -1.63. The lowest BCUT2D eigenvalue weighted by atomic mass is 10.3. The fourth-order valence-corrected chi connectivity index (χ4v) is 0.386. The molecular formula is C6H5N. The maximum atomic E-state index is 8.04. The normalized spacial score (nSPS) is 12.7. The molecule has 1 aliphatic rings. The van der Waals surface area contributed by atoms with Crippen LogP contribution in [0.5, 0.6) is 0 Å². The minimum absolute atomic E-state index is 0.638. The summed E-state index contributed by atoms with van der Waals surface area (Å²) in [5.74, 6) is 0. The van der Waals surface area contributed by atoms with Crippen LogP contribution in [0.25, 0.3) is 0 Å². The summed E-state index contributed by atoms with van der Waals surface area (Å²) < 4.78 is 0. The van der Waals surface area contributed by atoms with E-state index in [1.54, 1.807) is 0 Å². The van der Waals surface area contributed by atoms with Crippen LogP contribution in [0.4, 0.5) is 0 Å². The Balaban J connectivity index is 2.04. The molecule has 0 aromatic heterocycles. The van der Waals surface area contributed by atoms with Crippen molar-refractivity contribution in [3.63, 3.8) is 0 Å². The van der Waals surface area contributed by atoms with Gasteiger partial charge in [0.1, 0.15) is 0 Å². The van der Waals surface area contributed by atoms with E-state index >= 15 is 0 Å². The number of hydrogen-bond acceptors (Lipinski definition) is 1. The molecule has 0 aromatic rings. The zero-order valence-electron chi connectivity index (χ0n) is 3.94. The van der Waals surface area contributed by atoms with Gasteiger partial charge in [0.25, 0.3) is 0 Å². The van der Waals surface area contributed by atoms with Crippen LogP contribution < -0.4 is 0 Å². The van der Waals surface area contributed by atoms with Crippen LogP contribution >= 0.6 is 0 Å². The molecule has 1 rings (SSSR count). The lowest BCUT2D eigenvalue weighted by Gasteiger charge is -1.75. The van der Waals surface area contributed by atoms with Gasteiger partial charge in [0.05, 0.1) is 6.07 Å². The van der Waals surface area contributed by atoms with Crippen LogP contribution in [0.15, 0.2) is 17.4 Å². The van der Waals surface area contributed by atoms with Crippen molar-refractivity contribution in [2.24, 2.45) is 0 Å². The molecule has 0 atom stereocenters. The van der Waals surface area contributed by atoms with Gasteiger partial charge in [0.2, 0.25) is 0 Å². The van der Waals surface area contributed by atoms with Crippen LogP contribution in [-0.2, 0) is 0 Å². The van der Waals surface area contributed by atoms with E-state index in [4.69, 9.17) is 5.26 Å². The molecule has 34 valence electrons. The fourth-order valence-electron chi connectivity index (χ4n) is 0.386. The monoisotopic (exact) mass is 91.0 g/mol. The maximum absolute atomic E-state index is 8.04. The van der Waals surface area contributed by atoms with Crippen LogP contribution in [-0.4, -0.2) is 0 Å². The highest BCUT2D eigenvalue weighted by atomic mass is 14.2. The molecule has 0 aliphatic heterocycles. The molecule has 0 unspecified atom stereocenters. The van der Waals surface area contributed by atoms with E-state index in [0.29, 0.717) is 6.42 Å². The first-order valence-corrected chi connectivity index (χ1v) is 2.26. The van der Waals surface area contributed by atoms with Gasteiger partial charge in [-0.15, -0.1) is 5.73 Å². The molecule has 0 N–H and O–H groups in total. The molecule has 0 bridgehead atoms. The third kappa shape index (κ3) is 1.26. The summed E-state index contributed by atoms with van der Waals surface area (Å²) in [5.41, 5.74) is 4.12. The van der Waals surface area contributed by atoms with Crippen molar-refractivity contribution in [1.82, 2.24) is 0 Å². The minimum atomic E-state index is 0.638. The zero-order valence-corrected chi connectivity index (χ0v) is 3.94. The van der Waals surface area contributed by atoms with Crippen molar-refractivity contribution in [1.29, 1.82) is 5.26 Å². The average Bonchev–Trinajstić information content (AvgIpc) is 2.42. The fraction of sp³-hybridized carbons (Fsp3) is 0.333. The zero-order chi connectivity index (χ0) is 5.11. The van der Waals surface area contributed by atoms with Gasteiger partial charge in [-0.25, -0.2) is 0 Å². The Labute approximate surface area is 42.6 Å². The van der Waals surface area contributed by atoms with E-state index in [1.165, 1.54) is 5.57 Å². The number of nitrogens with zero attached hydrogens (tertiary/aromatic N) is 1.